The number of β-amino-alcohol motifs (C(OH)–C–C–N with tert-alkyl or cyclic N) is 1. The Hall–Kier alpha value is -7.72. The van der Waals surface area contributed by atoms with E-state index in [0.717, 1.165) is 66.1 Å². The van der Waals surface area contributed by atoms with Crippen LogP contribution < -0.4 is 30.3 Å². The van der Waals surface area contributed by atoms with Crippen LogP contribution in [0.15, 0.2) is 79.0 Å². The number of aliphatic hydroxyl groups is 2. The van der Waals surface area contributed by atoms with Gasteiger partial charge in [0.25, 0.3) is 5.91 Å². The van der Waals surface area contributed by atoms with Crippen LogP contribution in [0.5, 0.6) is 11.8 Å². The number of anilines is 1. The first-order chi connectivity index (χ1) is 39.6. The van der Waals surface area contributed by atoms with Gasteiger partial charge in [-0.05, 0) is 102 Å². The zero-order chi connectivity index (χ0) is 57.1. The number of aromatic nitrogens is 4. The smallest absolute Gasteiger partial charge is 0.319 e. The number of amides is 3. The van der Waals surface area contributed by atoms with Crippen molar-refractivity contribution in [2.24, 2.45) is 5.92 Å². The molecule has 4 saturated heterocycles. The van der Waals surface area contributed by atoms with E-state index in [1.165, 1.54) is 35.2 Å². The predicted molar refractivity (Wildman–Crippen MR) is 296 cm³/mol. The Balaban J connectivity index is 0.804. The Morgan fingerprint density at radius 3 is 2.30 bits per heavy atom. The highest BCUT2D eigenvalue weighted by Gasteiger charge is 2.44. The Morgan fingerprint density at radius 1 is 0.854 bits per heavy atom. The number of aromatic amines is 1. The van der Waals surface area contributed by atoms with E-state index in [1.807, 2.05) is 0 Å². The maximum absolute atomic E-state index is 16.1. The fraction of sp³-hybridized carbons (Fsp3) is 0.410. The molecule has 17 nitrogen and oxygen atoms in total. The lowest BCUT2D eigenvalue weighted by Gasteiger charge is -2.31. The van der Waals surface area contributed by atoms with Gasteiger partial charge in [-0.15, -0.1) is 0 Å². The van der Waals surface area contributed by atoms with E-state index in [1.54, 1.807) is 51.2 Å². The maximum atomic E-state index is 16.1. The van der Waals surface area contributed by atoms with Gasteiger partial charge in [0.1, 0.15) is 47.8 Å². The minimum atomic E-state index is -1.36. The zero-order valence-electron chi connectivity index (χ0n) is 45.5. The van der Waals surface area contributed by atoms with E-state index in [0.29, 0.717) is 77.2 Å². The Labute approximate surface area is 469 Å². The molecule has 0 unspecified atom stereocenters. The van der Waals surface area contributed by atoms with Crippen LogP contribution in [-0.4, -0.2) is 129 Å². The molecule has 2 bridgehead atoms. The van der Waals surface area contributed by atoms with Crippen LogP contribution in [0.3, 0.4) is 0 Å². The number of hydrogen-bond donors (Lipinski definition) is 6. The van der Waals surface area contributed by atoms with Gasteiger partial charge in [0.2, 0.25) is 11.8 Å². The number of hydrogen-bond acceptors (Lipinski definition) is 13. The highest BCUT2D eigenvalue weighted by atomic mass is 19.2. The first-order valence-corrected chi connectivity index (χ1v) is 28.0. The molecule has 21 heteroatoms. The summed E-state index contributed by atoms with van der Waals surface area (Å²) in [5.74, 6) is -4.90. The van der Waals surface area contributed by atoms with Crippen LogP contribution >= 0.6 is 0 Å². The first-order valence-electron chi connectivity index (χ1n) is 28.0. The predicted octanol–water partition coefficient (Wildman–Crippen LogP) is 7.84. The molecular weight excluding hydrogens is 1060 g/mol. The fourth-order valence-electron chi connectivity index (χ4n) is 12.2. The number of piperazine rings is 1. The second-order valence-electron chi connectivity index (χ2n) is 22.6. The normalized spacial score (nSPS) is 20.7. The van der Waals surface area contributed by atoms with E-state index in [9.17, 15) is 37.8 Å². The number of nitrogens with zero attached hydrogens (tertiary/aromatic N) is 5. The van der Waals surface area contributed by atoms with E-state index in [2.05, 4.69) is 37.1 Å². The Kier molecular flexibility index (Phi) is 15.1. The number of halogens is 4. The minimum absolute atomic E-state index is 0.0139. The Bertz CT molecular complexity index is 3600. The van der Waals surface area contributed by atoms with Crippen molar-refractivity contribution < 1.29 is 56.4 Å². The first kappa shape index (κ1) is 54.8. The van der Waals surface area contributed by atoms with Crippen molar-refractivity contribution in [2.75, 3.05) is 44.4 Å². The lowest BCUT2D eigenvalue weighted by molar-refractivity contribution is -0.141. The average molecular weight is 1130 g/mol. The van der Waals surface area contributed by atoms with Crippen LogP contribution in [0.1, 0.15) is 96.9 Å². The molecule has 3 amide bonds. The molecule has 82 heavy (non-hydrogen) atoms. The largest absolute Gasteiger partial charge is 0.486 e. The Morgan fingerprint density at radius 2 is 1.61 bits per heavy atom. The van der Waals surface area contributed by atoms with Crippen molar-refractivity contribution in [3.63, 3.8) is 0 Å². The molecule has 6 atom stereocenters. The lowest BCUT2D eigenvalue weighted by atomic mass is 9.88. The quantitative estimate of drug-likeness (QED) is 0.0379. The molecule has 428 valence electrons. The van der Waals surface area contributed by atoms with E-state index < -0.39 is 83.3 Å². The third-order valence-electron chi connectivity index (χ3n) is 16.7. The number of ether oxygens (including phenoxy) is 3. The van der Waals surface area contributed by atoms with Crippen LogP contribution in [0.25, 0.3) is 44.1 Å². The molecule has 6 heterocycles. The number of aliphatic hydroxyl groups excluding tert-OH is 2. The van der Waals surface area contributed by atoms with Crippen LogP contribution in [0.4, 0.5) is 23.4 Å². The number of H-pyrrole nitrogens is 1. The standard InChI is InChI=1S/C61H63F4N9O8/c1-30(2)54(60(79)74-27-39(76)21-49(74)59(78)68-48(28-75)34-10-12-35(13-11-34)51-44(62)14-15-45(63)53(51)65)69-58(77)36-6-4-32(5-7-36)29-81-56-52(50-31(3)46(64)23-47-43(50)25-67-72-47)41(33-8-9-33)22-42-55(56)70-61(82-40-16-18-80-19-17-40)71-57(42)73-26-37-20-38(73)24-66-37/h4-7,10-15,22-23,25,30,33,37-40,48-49,54,66,75-76H,8-9,16-21,24,26-29H2,1-3H3,(H,67,72)(H,68,78)(H,69,77)/t37-,38-,39+,48-,49-,54-/m0/s1. The third-order valence-corrected chi connectivity index (χ3v) is 16.7. The van der Waals surface area contributed by atoms with Crippen molar-refractivity contribution >= 4 is 45.3 Å². The van der Waals surface area contributed by atoms with Gasteiger partial charge in [-0.2, -0.15) is 15.1 Å². The van der Waals surface area contributed by atoms with Gasteiger partial charge >= 0.3 is 6.01 Å². The van der Waals surface area contributed by atoms with E-state index in [4.69, 9.17) is 24.2 Å². The molecule has 1 saturated carbocycles. The summed E-state index contributed by atoms with van der Waals surface area (Å²) < 4.78 is 78.5. The summed E-state index contributed by atoms with van der Waals surface area (Å²) in [7, 11) is 0. The van der Waals surface area contributed by atoms with Crippen molar-refractivity contribution in [1.29, 1.82) is 0 Å². The molecule has 5 aliphatic rings. The summed E-state index contributed by atoms with van der Waals surface area (Å²) in [6.07, 6.45) is 4.56. The maximum Gasteiger partial charge on any atom is 0.319 e. The molecule has 5 fully saturated rings. The third kappa shape index (κ3) is 10.6. The van der Waals surface area contributed by atoms with Crippen LogP contribution in [0, 0.1) is 36.1 Å². The second kappa shape index (κ2) is 22.6. The number of likely N-dealkylation sites (tertiary alicyclic amines) is 1. The number of benzene rings is 5. The minimum Gasteiger partial charge on any atom is -0.486 e. The number of carbonyl (C=O) groups is 3. The molecule has 4 aliphatic heterocycles. The van der Waals surface area contributed by atoms with E-state index >= 15 is 4.39 Å². The van der Waals surface area contributed by atoms with Crippen molar-refractivity contribution in [3.05, 3.63) is 130 Å². The van der Waals surface area contributed by atoms with Crippen LogP contribution in [0.2, 0.25) is 0 Å². The zero-order valence-corrected chi connectivity index (χ0v) is 45.5. The molecule has 5 aromatic carbocycles. The molecule has 12 rings (SSSR count). The topological polar surface area (TPSA) is 216 Å². The molecule has 1 aliphatic carbocycles. The van der Waals surface area contributed by atoms with Gasteiger partial charge in [0.05, 0.1) is 49.2 Å². The monoisotopic (exact) mass is 1130 g/mol. The molecule has 0 radical (unpaired) electrons. The average Bonchev–Trinajstić information content (AvgIpc) is 3.22. The van der Waals surface area contributed by atoms with Crippen molar-refractivity contribution in [3.8, 4) is 34.0 Å². The number of nitrogens with one attached hydrogen (secondary N) is 4. The molecule has 6 N–H and O–H groups in total. The number of carbonyl (C=O) groups excluding carboxylic acids is 3. The molecule has 2 aromatic heterocycles. The number of rotatable bonds is 17. The van der Waals surface area contributed by atoms with Crippen LogP contribution in [-0.2, 0) is 20.9 Å². The highest BCUT2D eigenvalue weighted by Crippen LogP contribution is 2.53. The summed E-state index contributed by atoms with van der Waals surface area (Å²) >= 11 is 0. The summed E-state index contributed by atoms with van der Waals surface area (Å²) in [6.45, 7) is 7.18. The van der Waals surface area contributed by atoms with Gasteiger partial charge in [0.15, 0.2) is 17.4 Å². The van der Waals surface area contributed by atoms with Gasteiger partial charge in [-0.25, -0.2) is 17.6 Å². The van der Waals surface area contributed by atoms with Gasteiger partial charge in [-0.3, -0.25) is 19.5 Å². The second-order valence-corrected chi connectivity index (χ2v) is 22.6. The highest BCUT2D eigenvalue weighted by molar-refractivity contribution is 6.06. The number of fused-ring (bicyclic) bond motifs is 4. The summed E-state index contributed by atoms with van der Waals surface area (Å²) in [5.41, 5.74) is 4.60. The lowest BCUT2D eigenvalue weighted by Crippen LogP contribution is -2.55. The summed E-state index contributed by atoms with van der Waals surface area (Å²) in [5, 5.41) is 39.2. The van der Waals surface area contributed by atoms with Gasteiger partial charge in [-0.1, -0.05) is 50.2 Å². The van der Waals surface area contributed by atoms with Gasteiger partial charge < -0.3 is 50.2 Å². The summed E-state index contributed by atoms with van der Waals surface area (Å²) in [6, 6.07) is 14.8. The SMILES string of the molecule is Cc1c(F)cc2[nH]ncc2c1-c1c(C2CC2)cc2c(N3C[C@@H]4C[C@H]3CN4)nc(OC3CCOCC3)nc2c1OCc1ccc(C(=O)N[C@H](C(=O)N2C[C@H](O)C[C@H]2C(=O)N[C@@H](CO)c2ccc(-c3c(F)ccc(F)c3F)cc2)C(C)C)cc1. The van der Waals surface area contributed by atoms with Crippen molar-refractivity contribution in [1.82, 2.24) is 41.0 Å². The fourth-order valence-corrected chi connectivity index (χ4v) is 12.2. The molecular formula is C61H63F4N9O8. The van der Waals surface area contributed by atoms with Gasteiger partial charge in [0, 0.05) is 78.4 Å². The summed E-state index contributed by atoms with van der Waals surface area (Å²) in [4.78, 5) is 56.4. The van der Waals surface area contributed by atoms with Crippen molar-refractivity contribution in [2.45, 2.75) is 114 Å². The molecule has 0 spiro atoms. The molecule has 7 aromatic rings. The van der Waals surface area contributed by atoms with E-state index in [-0.39, 0.29) is 54.8 Å².